The average Bonchev–Trinajstić information content (AvgIpc) is 2.80. The van der Waals surface area contributed by atoms with E-state index in [1.54, 1.807) is 6.07 Å². The highest BCUT2D eigenvalue weighted by Gasteiger charge is 2.33. The van der Waals surface area contributed by atoms with Crippen molar-refractivity contribution < 1.29 is 27.9 Å². The first kappa shape index (κ1) is 27.2. The third-order valence-electron chi connectivity index (χ3n) is 5.44. The second-order valence-electron chi connectivity index (χ2n) is 8.67. The van der Waals surface area contributed by atoms with Gasteiger partial charge in [-0.3, -0.25) is 14.4 Å². The van der Waals surface area contributed by atoms with Crippen molar-refractivity contribution in [2.75, 3.05) is 18.5 Å². The Labute approximate surface area is 209 Å². The molecule has 0 radical (unpaired) electrons. The van der Waals surface area contributed by atoms with E-state index >= 15 is 0 Å². The van der Waals surface area contributed by atoms with E-state index in [2.05, 4.69) is 10.6 Å². The molecule has 2 aromatic carbocycles. The molecule has 0 spiro atoms. The van der Waals surface area contributed by atoms with E-state index in [1.807, 2.05) is 13.8 Å². The van der Waals surface area contributed by atoms with Crippen LogP contribution in [-0.2, 0) is 22.2 Å². The zero-order valence-electron chi connectivity index (χ0n) is 19.5. The number of aliphatic hydroxyl groups excluding tert-OH is 1. The quantitative estimate of drug-likeness (QED) is 0.413. The van der Waals surface area contributed by atoms with Crippen molar-refractivity contribution >= 4 is 39.9 Å². The summed E-state index contributed by atoms with van der Waals surface area (Å²) >= 11 is 5.63. The molecule has 0 fully saturated rings. The number of carbonyl (C=O) groups is 2. The lowest BCUT2D eigenvalue weighted by Crippen LogP contribution is -2.40. The van der Waals surface area contributed by atoms with E-state index in [9.17, 15) is 32.7 Å². The molecule has 1 aromatic heterocycles. The first-order valence-corrected chi connectivity index (χ1v) is 11.5. The van der Waals surface area contributed by atoms with E-state index in [-0.39, 0.29) is 29.0 Å². The van der Waals surface area contributed by atoms with Crippen molar-refractivity contribution in [3.63, 3.8) is 0 Å². The number of nitrogens with zero attached hydrogens (tertiary/aromatic N) is 1. The monoisotopic (exact) mass is 523 g/mol. The maximum atomic E-state index is 13.1. The SMILES string of the molecule is CC(C)CNC(=O)[C@H](CO)n1ccc2c(NC(=O)Cc3ccc(Cl)c(C(F)(F)F)c3)cccc2c1=O. The Bertz CT molecular complexity index is 1340. The molecule has 36 heavy (non-hydrogen) atoms. The fourth-order valence-electron chi connectivity index (χ4n) is 3.65. The largest absolute Gasteiger partial charge is 0.417 e. The molecule has 192 valence electrons. The fourth-order valence-corrected chi connectivity index (χ4v) is 3.87. The maximum Gasteiger partial charge on any atom is 0.417 e. The van der Waals surface area contributed by atoms with Gasteiger partial charge in [0, 0.05) is 29.2 Å². The van der Waals surface area contributed by atoms with Crippen molar-refractivity contribution in [1.82, 2.24) is 9.88 Å². The van der Waals surface area contributed by atoms with Crippen LogP contribution >= 0.6 is 11.6 Å². The number of benzene rings is 2. The van der Waals surface area contributed by atoms with Gasteiger partial charge < -0.3 is 20.3 Å². The Morgan fingerprint density at radius 1 is 1.11 bits per heavy atom. The van der Waals surface area contributed by atoms with Gasteiger partial charge in [-0.1, -0.05) is 37.6 Å². The first-order chi connectivity index (χ1) is 16.9. The van der Waals surface area contributed by atoms with Gasteiger partial charge in [0.2, 0.25) is 11.8 Å². The Hall–Kier alpha value is -3.37. The number of amides is 2. The van der Waals surface area contributed by atoms with Crippen molar-refractivity contribution in [3.05, 3.63) is 75.2 Å². The van der Waals surface area contributed by atoms with Crippen LogP contribution in [0.1, 0.15) is 31.0 Å². The number of rotatable bonds is 8. The predicted octanol–water partition coefficient (Wildman–Crippen LogP) is 4.16. The van der Waals surface area contributed by atoms with Crippen LogP contribution in [0.2, 0.25) is 5.02 Å². The minimum Gasteiger partial charge on any atom is -0.394 e. The molecule has 11 heteroatoms. The van der Waals surface area contributed by atoms with Crippen LogP contribution in [0.4, 0.5) is 18.9 Å². The van der Waals surface area contributed by atoms with Gasteiger partial charge in [-0.15, -0.1) is 0 Å². The minimum absolute atomic E-state index is 0.116. The summed E-state index contributed by atoms with van der Waals surface area (Å²) in [4.78, 5) is 38.2. The number of nitrogens with one attached hydrogen (secondary N) is 2. The number of aliphatic hydroxyl groups is 1. The molecule has 0 saturated heterocycles. The zero-order chi connectivity index (χ0) is 26.6. The van der Waals surface area contributed by atoms with Gasteiger partial charge >= 0.3 is 6.18 Å². The fraction of sp³-hybridized carbons (Fsp3) is 0.320. The number of aromatic nitrogens is 1. The molecular weight excluding hydrogens is 499 g/mol. The molecule has 1 heterocycles. The van der Waals surface area contributed by atoms with Crippen LogP contribution < -0.4 is 16.2 Å². The van der Waals surface area contributed by atoms with E-state index in [0.29, 0.717) is 11.9 Å². The third kappa shape index (κ3) is 6.24. The topological polar surface area (TPSA) is 100 Å². The lowest BCUT2D eigenvalue weighted by molar-refractivity contribution is -0.137. The molecule has 0 aliphatic rings. The van der Waals surface area contributed by atoms with Crippen molar-refractivity contribution in [1.29, 1.82) is 0 Å². The molecule has 1 atom stereocenters. The molecule has 3 rings (SSSR count). The van der Waals surface area contributed by atoms with Crippen LogP contribution in [0.3, 0.4) is 0 Å². The van der Waals surface area contributed by atoms with Crippen LogP contribution in [0, 0.1) is 5.92 Å². The van der Waals surface area contributed by atoms with Crippen molar-refractivity contribution in [2.24, 2.45) is 5.92 Å². The second-order valence-corrected chi connectivity index (χ2v) is 9.08. The van der Waals surface area contributed by atoms with Gasteiger partial charge in [0.1, 0.15) is 6.04 Å². The predicted molar refractivity (Wildman–Crippen MR) is 131 cm³/mol. The van der Waals surface area contributed by atoms with E-state index in [1.165, 1.54) is 30.5 Å². The third-order valence-corrected chi connectivity index (χ3v) is 5.77. The van der Waals surface area contributed by atoms with Gasteiger partial charge in [0.15, 0.2) is 0 Å². The molecule has 3 aromatic rings. The molecule has 7 nitrogen and oxygen atoms in total. The highest BCUT2D eigenvalue weighted by atomic mass is 35.5. The average molecular weight is 524 g/mol. The van der Waals surface area contributed by atoms with E-state index < -0.39 is 46.8 Å². The molecule has 0 aliphatic carbocycles. The Balaban J connectivity index is 1.86. The summed E-state index contributed by atoms with van der Waals surface area (Å²) in [5, 5.41) is 15.2. The second kappa shape index (κ2) is 11.1. The number of carbonyl (C=O) groups excluding carboxylic acids is 2. The van der Waals surface area contributed by atoms with Gasteiger partial charge in [-0.25, -0.2) is 0 Å². The van der Waals surface area contributed by atoms with Gasteiger partial charge in [-0.05, 0) is 41.8 Å². The molecule has 0 unspecified atom stereocenters. The Morgan fingerprint density at radius 3 is 2.47 bits per heavy atom. The van der Waals surface area contributed by atoms with E-state index in [4.69, 9.17) is 11.6 Å². The standard InChI is InChI=1S/C25H25ClF3N3O4/c1-14(2)12-30-23(35)21(13-33)32-9-8-16-17(24(32)36)4-3-5-20(16)31-22(34)11-15-6-7-19(26)18(10-15)25(27,28)29/h3-10,14,21,33H,11-13H2,1-2H3,(H,30,35)(H,31,34)/t21-/m0/s1. The summed E-state index contributed by atoms with van der Waals surface area (Å²) in [6.07, 6.45) is -3.65. The summed E-state index contributed by atoms with van der Waals surface area (Å²) < 4.78 is 40.5. The van der Waals surface area contributed by atoms with Crippen molar-refractivity contribution in [2.45, 2.75) is 32.5 Å². The number of hydrogen-bond acceptors (Lipinski definition) is 4. The normalized spacial score (nSPS) is 12.6. The molecule has 3 N–H and O–H groups in total. The lowest BCUT2D eigenvalue weighted by Gasteiger charge is -2.19. The number of pyridine rings is 1. The summed E-state index contributed by atoms with van der Waals surface area (Å²) in [5.41, 5.74) is -1.19. The summed E-state index contributed by atoms with van der Waals surface area (Å²) in [6.45, 7) is 3.61. The van der Waals surface area contributed by atoms with Gasteiger partial charge in [0.05, 0.1) is 23.6 Å². The smallest absolute Gasteiger partial charge is 0.394 e. The Morgan fingerprint density at radius 2 is 1.83 bits per heavy atom. The molecule has 2 amide bonds. The van der Waals surface area contributed by atoms with Gasteiger partial charge in [-0.2, -0.15) is 13.2 Å². The summed E-state index contributed by atoms with van der Waals surface area (Å²) in [7, 11) is 0. The number of hydrogen-bond donors (Lipinski definition) is 3. The highest BCUT2D eigenvalue weighted by molar-refractivity contribution is 6.31. The number of fused-ring (bicyclic) bond motifs is 1. The van der Waals surface area contributed by atoms with Crippen LogP contribution in [-0.4, -0.2) is 34.6 Å². The van der Waals surface area contributed by atoms with Crippen molar-refractivity contribution in [3.8, 4) is 0 Å². The van der Waals surface area contributed by atoms with Crippen LogP contribution in [0.25, 0.3) is 10.8 Å². The highest BCUT2D eigenvalue weighted by Crippen LogP contribution is 2.35. The molecular formula is C25H25ClF3N3O4. The van der Waals surface area contributed by atoms with Crippen LogP contribution in [0.5, 0.6) is 0 Å². The van der Waals surface area contributed by atoms with E-state index in [0.717, 1.165) is 16.7 Å². The maximum absolute atomic E-state index is 13.1. The zero-order valence-corrected chi connectivity index (χ0v) is 20.3. The lowest BCUT2D eigenvalue weighted by atomic mass is 10.1. The number of anilines is 1. The molecule has 0 bridgehead atoms. The van der Waals surface area contributed by atoms with Gasteiger partial charge in [0.25, 0.3) is 5.56 Å². The number of halogens is 4. The van der Waals surface area contributed by atoms with Crippen LogP contribution in [0.15, 0.2) is 53.5 Å². The summed E-state index contributed by atoms with van der Waals surface area (Å²) in [6, 6.07) is 8.22. The Kier molecular flexibility index (Phi) is 8.42. The molecule has 0 aliphatic heterocycles. The summed E-state index contributed by atoms with van der Waals surface area (Å²) in [5.74, 6) is -0.914. The number of alkyl halides is 3. The minimum atomic E-state index is -4.66. The molecule has 0 saturated carbocycles. The first-order valence-electron chi connectivity index (χ1n) is 11.1.